The van der Waals surface area contributed by atoms with Crippen LogP contribution in [0.15, 0.2) is 6.07 Å². The standard InChI is InChI=1S/C9H11N3O3/c1-5-3-7(12-6(2)11-5)9(15)10-4-8(13)14/h3H,4H2,1-2H3,(H,10,15)(H,13,14). The summed E-state index contributed by atoms with van der Waals surface area (Å²) in [6.45, 7) is 2.99. The number of aromatic nitrogens is 2. The van der Waals surface area contributed by atoms with Gasteiger partial charge in [-0.1, -0.05) is 0 Å². The Morgan fingerprint density at radius 1 is 1.40 bits per heavy atom. The number of carboxylic acid groups (broad SMARTS) is 1. The van der Waals surface area contributed by atoms with Gasteiger partial charge in [-0.25, -0.2) is 9.97 Å². The van der Waals surface area contributed by atoms with Gasteiger partial charge in [-0.2, -0.15) is 0 Å². The van der Waals surface area contributed by atoms with E-state index in [-0.39, 0.29) is 5.69 Å². The van der Waals surface area contributed by atoms with E-state index in [0.29, 0.717) is 11.5 Å². The molecule has 0 bridgehead atoms. The first-order chi connectivity index (χ1) is 6.99. The van der Waals surface area contributed by atoms with Gasteiger partial charge in [0.25, 0.3) is 5.91 Å². The van der Waals surface area contributed by atoms with E-state index in [2.05, 4.69) is 15.3 Å². The van der Waals surface area contributed by atoms with Crippen LogP contribution in [0, 0.1) is 13.8 Å². The molecule has 0 spiro atoms. The van der Waals surface area contributed by atoms with Gasteiger partial charge < -0.3 is 10.4 Å². The van der Waals surface area contributed by atoms with Gasteiger partial charge in [0, 0.05) is 5.69 Å². The number of rotatable bonds is 3. The van der Waals surface area contributed by atoms with Crippen LogP contribution < -0.4 is 5.32 Å². The summed E-state index contributed by atoms with van der Waals surface area (Å²) in [7, 11) is 0. The molecule has 1 aromatic heterocycles. The Hall–Kier alpha value is -1.98. The Morgan fingerprint density at radius 3 is 2.60 bits per heavy atom. The van der Waals surface area contributed by atoms with E-state index in [0.717, 1.165) is 0 Å². The van der Waals surface area contributed by atoms with Gasteiger partial charge >= 0.3 is 5.97 Å². The fraction of sp³-hybridized carbons (Fsp3) is 0.333. The highest BCUT2D eigenvalue weighted by Crippen LogP contribution is 1.99. The molecule has 6 nitrogen and oxygen atoms in total. The van der Waals surface area contributed by atoms with Crippen LogP contribution in [0.1, 0.15) is 22.0 Å². The summed E-state index contributed by atoms with van der Waals surface area (Å²) in [6, 6.07) is 1.50. The summed E-state index contributed by atoms with van der Waals surface area (Å²) in [5, 5.41) is 10.6. The Kier molecular flexibility index (Phi) is 3.33. The summed E-state index contributed by atoms with van der Waals surface area (Å²) >= 11 is 0. The molecule has 0 aromatic carbocycles. The molecule has 2 N–H and O–H groups in total. The smallest absolute Gasteiger partial charge is 0.322 e. The molecule has 6 heteroatoms. The first-order valence-corrected chi connectivity index (χ1v) is 4.31. The molecule has 0 aliphatic rings. The lowest BCUT2D eigenvalue weighted by Gasteiger charge is -2.03. The molecular formula is C9H11N3O3. The molecule has 15 heavy (non-hydrogen) atoms. The average molecular weight is 209 g/mol. The first kappa shape index (κ1) is 11.1. The van der Waals surface area contributed by atoms with Crippen molar-refractivity contribution in [1.82, 2.24) is 15.3 Å². The van der Waals surface area contributed by atoms with Crippen LogP contribution >= 0.6 is 0 Å². The third-order valence-corrected chi connectivity index (χ3v) is 1.60. The highest BCUT2D eigenvalue weighted by Gasteiger charge is 2.09. The van der Waals surface area contributed by atoms with Gasteiger partial charge in [-0.05, 0) is 19.9 Å². The Labute approximate surface area is 86.4 Å². The second kappa shape index (κ2) is 4.50. The zero-order valence-electron chi connectivity index (χ0n) is 8.44. The molecule has 0 atom stereocenters. The summed E-state index contributed by atoms with van der Waals surface area (Å²) in [5.41, 5.74) is 0.851. The fourth-order valence-corrected chi connectivity index (χ4v) is 1.08. The number of carbonyl (C=O) groups is 2. The molecule has 0 saturated heterocycles. The maximum absolute atomic E-state index is 11.4. The first-order valence-electron chi connectivity index (χ1n) is 4.31. The van der Waals surface area contributed by atoms with Crippen LogP contribution in [0.2, 0.25) is 0 Å². The van der Waals surface area contributed by atoms with E-state index < -0.39 is 18.4 Å². The van der Waals surface area contributed by atoms with E-state index in [1.54, 1.807) is 13.8 Å². The van der Waals surface area contributed by atoms with Gasteiger partial charge in [0.2, 0.25) is 0 Å². The molecule has 1 heterocycles. The Bertz CT molecular complexity index is 383. The third kappa shape index (κ3) is 3.34. The van der Waals surface area contributed by atoms with Crippen LogP contribution in [0.5, 0.6) is 0 Å². The lowest BCUT2D eigenvalue weighted by molar-refractivity contribution is -0.135. The highest BCUT2D eigenvalue weighted by molar-refractivity contribution is 5.94. The number of carboxylic acids is 1. The largest absolute Gasteiger partial charge is 0.480 e. The van der Waals surface area contributed by atoms with Gasteiger partial charge in [-0.15, -0.1) is 0 Å². The SMILES string of the molecule is Cc1cc(C(=O)NCC(=O)O)nc(C)n1. The number of nitrogens with one attached hydrogen (secondary N) is 1. The number of amides is 1. The second-order valence-corrected chi connectivity index (χ2v) is 3.02. The van der Waals surface area contributed by atoms with Crippen molar-refractivity contribution in [2.45, 2.75) is 13.8 Å². The zero-order chi connectivity index (χ0) is 11.4. The quantitative estimate of drug-likeness (QED) is 0.725. The summed E-state index contributed by atoms with van der Waals surface area (Å²) in [6.07, 6.45) is 0. The molecule has 1 aromatic rings. The minimum Gasteiger partial charge on any atom is -0.480 e. The minimum absolute atomic E-state index is 0.182. The zero-order valence-corrected chi connectivity index (χ0v) is 8.44. The predicted octanol–water partition coefficient (Wildman–Crippen LogP) is -0.0922. The molecule has 1 rings (SSSR count). The molecule has 80 valence electrons. The van der Waals surface area contributed by atoms with Crippen LogP contribution in [-0.2, 0) is 4.79 Å². The number of hydrogen-bond acceptors (Lipinski definition) is 4. The lowest BCUT2D eigenvalue weighted by atomic mass is 10.3. The molecule has 1 amide bonds. The summed E-state index contributed by atoms with van der Waals surface area (Å²) < 4.78 is 0. The van der Waals surface area contributed by atoms with E-state index in [9.17, 15) is 9.59 Å². The van der Waals surface area contributed by atoms with Gasteiger partial charge in [0.15, 0.2) is 0 Å². The monoisotopic (exact) mass is 209 g/mol. The van der Waals surface area contributed by atoms with Crippen molar-refractivity contribution in [3.63, 3.8) is 0 Å². The number of hydrogen-bond donors (Lipinski definition) is 2. The second-order valence-electron chi connectivity index (χ2n) is 3.02. The van der Waals surface area contributed by atoms with E-state index in [4.69, 9.17) is 5.11 Å². The van der Waals surface area contributed by atoms with Gasteiger partial charge in [-0.3, -0.25) is 9.59 Å². The molecule has 0 unspecified atom stereocenters. The lowest BCUT2D eigenvalue weighted by Crippen LogP contribution is -2.30. The maximum Gasteiger partial charge on any atom is 0.322 e. The fourth-order valence-electron chi connectivity index (χ4n) is 1.08. The van der Waals surface area contributed by atoms with Crippen LogP contribution in [-0.4, -0.2) is 33.5 Å². The Morgan fingerprint density at radius 2 is 2.07 bits per heavy atom. The van der Waals surface area contributed by atoms with Gasteiger partial charge in [0.05, 0.1) is 0 Å². The normalized spacial score (nSPS) is 9.73. The van der Waals surface area contributed by atoms with E-state index in [1.807, 2.05) is 0 Å². The maximum atomic E-state index is 11.4. The van der Waals surface area contributed by atoms with Crippen molar-refractivity contribution >= 4 is 11.9 Å². The van der Waals surface area contributed by atoms with Crippen LogP contribution in [0.25, 0.3) is 0 Å². The number of nitrogens with zero attached hydrogens (tertiary/aromatic N) is 2. The van der Waals surface area contributed by atoms with Crippen molar-refractivity contribution in [3.8, 4) is 0 Å². The number of carbonyl (C=O) groups excluding carboxylic acids is 1. The van der Waals surface area contributed by atoms with Crippen molar-refractivity contribution in [3.05, 3.63) is 23.3 Å². The molecule has 0 fully saturated rings. The topological polar surface area (TPSA) is 92.2 Å². The van der Waals surface area contributed by atoms with Crippen molar-refractivity contribution in [2.75, 3.05) is 6.54 Å². The van der Waals surface area contributed by atoms with Crippen molar-refractivity contribution in [1.29, 1.82) is 0 Å². The van der Waals surface area contributed by atoms with Crippen molar-refractivity contribution in [2.24, 2.45) is 0 Å². The minimum atomic E-state index is -1.09. The van der Waals surface area contributed by atoms with Crippen LogP contribution in [0.3, 0.4) is 0 Å². The third-order valence-electron chi connectivity index (χ3n) is 1.60. The van der Waals surface area contributed by atoms with Crippen LogP contribution in [0.4, 0.5) is 0 Å². The molecule has 0 aliphatic heterocycles. The Balaban J connectivity index is 2.77. The number of aliphatic carboxylic acids is 1. The number of aryl methyl sites for hydroxylation is 2. The summed E-state index contributed by atoms with van der Waals surface area (Å²) in [5.74, 6) is -1.12. The van der Waals surface area contributed by atoms with E-state index in [1.165, 1.54) is 6.07 Å². The molecule has 0 radical (unpaired) electrons. The summed E-state index contributed by atoms with van der Waals surface area (Å²) in [4.78, 5) is 29.5. The molecule has 0 saturated carbocycles. The average Bonchev–Trinajstić information content (AvgIpc) is 2.12. The molecular weight excluding hydrogens is 198 g/mol. The van der Waals surface area contributed by atoms with Crippen molar-refractivity contribution < 1.29 is 14.7 Å². The van der Waals surface area contributed by atoms with E-state index >= 15 is 0 Å². The van der Waals surface area contributed by atoms with Gasteiger partial charge in [0.1, 0.15) is 18.1 Å². The molecule has 0 aliphatic carbocycles. The highest BCUT2D eigenvalue weighted by atomic mass is 16.4. The predicted molar refractivity (Wildman–Crippen MR) is 51.5 cm³/mol.